The van der Waals surface area contributed by atoms with E-state index in [9.17, 15) is 4.79 Å². The van der Waals surface area contributed by atoms with E-state index in [-0.39, 0.29) is 11.9 Å². The summed E-state index contributed by atoms with van der Waals surface area (Å²) in [4.78, 5) is 15.8. The van der Waals surface area contributed by atoms with Crippen LogP contribution >= 0.6 is 0 Å². The van der Waals surface area contributed by atoms with Gasteiger partial charge in [0.05, 0.1) is 13.2 Å². The lowest BCUT2D eigenvalue weighted by molar-refractivity contribution is -0.117. The minimum Gasteiger partial charge on any atom is -0.378 e. The minimum absolute atomic E-state index is 0.0376. The van der Waals surface area contributed by atoms with Gasteiger partial charge in [0.25, 0.3) is 0 Å². The van der Waals surface area contributed by atoms with E-state index in [1.54, 1.807) is 12.3 Å². The van der Waals surface area contributed by atoms with Gasteiger partial charge in [0.15, 0.2) is 0 Å². The van der Waals surface area contributed by atoms with Crippen LogP contribution in [0.3, 0.4) is 0 Å². The zero-order valence-electron chi connectivity index (χ0n) is 9.90. The third-order valence-corrected chi connectivity index (χ3v) is 2.61. The van der Waals surface area contributed by atoms with Crippen molar-refractivity contribution in [2.24, 2.45) is 0 Å². The molecular weight excluding hydrogens is 218 g/mol. The number of aryl methyl sites for hydroxylation is 1. The first kappa shape index (κ1) is 12.0. The van der Waals surface area contributed by atoms with Crippen LogP contribution in [-0.2, 0) is 9.53 Å². The molecule has 17 heavy (non-hydrogen) atoms. The standard InChI is InChI=1S/C12H17N3O2/c1-9-2-3-11(14-7-9)15-12(16)6-10-8-17-5-4-13-10/h2-3,7,10,13H,4-6,8H2,1H3,(H,14,15,16). The summed E-state index contributed by atoms with van der Waals surface area (Å²) in [5, 5.41) is 6.01. The summed E-state index contributed by atoms with van der Waals surface area (Å²) in [5.41, 5.74) is 1.07. The van der Waals surface area contributed by atoms with Gasteiger partial charge in [-0.2, -0.15) is 0 Å². The molecule has 1 unspecified atom stereocenters. The van der Waals surface area contributed by atoms with Crippen LogP contribution in [0.5, 0.6) is 0 Å². The molecular formula is C12H17N3O2. The summed E-state index contributed by atoms with van der Waals surface area (Å²) in [6.07, 6.45) is 2.15. The van der Waals surface area contributed by atoms with Crippen molar-refractivity contribution >= 4 is 11.7 Å². The molecule has 1 aromatic rings. The molecule has 1 aliphatic heterocycles. The number of anilines is 1. The lowest BCUT2D eigenvalue weighted by Crippen LogP contribution is -2.43. The predicted octanol–water partition coefficient (Wildman–Crippen LogP) is 0.707. The van der Waals surface area contributed by atoms with Gasteiger partial charge in [-0.3, -0.25) is 4.79 Å². The molecule has 5 heteroatoms. The molecule has 0 aliphatic carbocycles. The number of rotatable bonds is 3. The second-order valence-electron chi connectivity index (χ2n) is 4.20. The molecule has 1 fully saturated rings. The van der Waals surface area contributed by atoms with Crippen LogP contribution < -0.4 is 10.6 Å². The quantitative estimate of drug-likeness (QED) is 0.810. The van der Waals surface area contributed by atoms with Gasteiger partial charge in [-0.15, -0.1) is 0 Å². The zero-order valence-corrected chi connectivity index (χ0v) is 9.90. The average molecular weight is 235 g/mol. The number of nitrogens with one attached hydrogen (secondary N) is 2. The highest BCUT2D eigenvalue weighted by molar-refractivity contribution is 5.90. The molecule has 0 aromatic carbocycles. The van der Waals surface area contributed by atoms with Gasteiger partial charge in [0.1, 0.15) is 5.82 Å². The van der Waals surface area contributed by atoms with E-state index >= 15 is 0 Å². The Morgan fingerprint density at radius 2 is 2.53 bits per heavy atom. The number of amides is 1. The minimum atomic E-state index is -0.0376. The van der Waals surface area contributed by atoms with Gasteiger partial charge in [0.2, 0.25) is 5.91 Å². The van der Waals surface area contributed by atoms with E-state index in [1.165, 1.54) is 0 Å². The fourth-order valence-corrected chi connectivity index (χ4v) is 1.71. The van der Waals surface area contributed by atoms with Crippen molar-refractivity contribution in [1.82, 2.24) is 10.3 Å². The summed E-state index contributed by atoms with van der Waals surface area (Å²) >= 11 is 0. The lowest BCUT2D eigenvalue weighted by Gasteiger charge is -2.23. The molecule has 92 valence electrons. The Bertz CT molecular complexity index is 372. The van der Waals surface area contributed by atoms with Crippen LogP contribution in [0.4, 0.5) is 5.82 Å². The number of carbonyl (C=O) groups excluding carboxylic acids is 1. The topological polar surface area (TPSA) is 63.2 Å². The molecule has 0 saturated carbocycles. The van der Waals surface area contributed by atoms with Crippen molar-refractivity contribution in [1.29, 1.82) is 0 Å². The zero-order chi connectivity index (χ0) is 12.1. The first-order valence-corrected chi connectivity index (χ1v) is 5.77. The third kappa shape index (κ3) is 3.80. The number of hydrogen-bond acceptors (Lipinski definition) is 4. The smallest absolute Gasteiger partial charge is 0.227 e. The molecule has 1 saturated heterocycles. The molecule has 1 aliphatic rings. The molecule has 1 amide bonds. The monoisotopic (exact) mass is 235 g/mol. The van der Waals surface area contributed by atoms with Gasteiger partial charge in [0, 0.05) is 25.2 Å². The second-order valence-corrected chi connectivity index (χ2v) is 4.20. The molecule has 2 heterocycles. The van der Waals surface area contributed by atoms with Crippen LogP contribution in [0.2, 0.25) is 0 Å². The normalized spacial score (nSPS) is 19.9. The Hall–Kier alpha value is -1.46. The summed E-state index contributed by atoms with van der Waals surface area (Å²) < 4.78 is 5.29. The predicted molar refractivity (Wildman–Crippen MR) is 64.8 cm³/mol. The fourth-order valence-electron chi connectivity index (χ4n) is 1.71. The van der Waals surface area contributed by atoms with Crippen LogP contribution in [-0.4, -0.2) is 36.7 Å². The molecule has 5 nitrogen and oxygen atoms in total. The average Bonchev–Trinajstić information content (AvgIpc) is 2.33. The molecule has 1 atom stereocenters. The van der Waals surface area contributed by atoms with Crippen molar-refractivity contribution in [3.8, 4) is 0 Å². The number of aromatic nitrogens is 1. The molecule has 0 spiro atoms. The number of carbonyl (C=O) groups is 1. The van der Waals surface area contributed by atoms with Crippen molar-refractivity contribution in [2.75, 3.05) is 25.1 Å². The Kier molecular flexibility index (Phi) is 4.06. The lowest BCUT2D eigenvalue weighted by atomic mass is 10.2. The summed E-state index contributed by atoms with van der Waals surface area (Å²) in [6, 6.07) is 3.83. The maximum absolute atomic E-state index is 11.7. The largest absolute Gasteiger partial charge is 0.378 e. The molecule has 2 rings (SSSR count). The van der Waals surface area contributed by atoms with E-state index in [1.807, 2.05) is 13.0 Å². The molecule has 2 N–H and O–H groups in total. The highest BCUT2D eigenvalue weighted by Crippen LogP contribution is 2.06. The fraction of sp³-hybridized carbons (Fsp3) is 0.500. The first-order chi connectivity index (χ1) is 8.24. The van der Waals surface area contributed by atoms with E-state index in [0.29, 0.717) is 18.8 Å². The van der Waals surface area contributed by atoms with Gasteiger partial charge < -0.3 is 15.4 Å². The van der Waals surface area contributed by atoms with Gasteiger partial charge >= 0.3 is 0 Å². The van der Waals surface area contributed by atoms with Crippen LogP contribution in [0, 0.1) is 6.92 Å². The number of hydrogen-bond donors (Lipinski definition) is 2. The molecule has 0 bridgehead atoms. The molecule has 1 aromatic heterocycles. The van der Waals surface area contributed by atoms with Crippen molar-refractivity contribution in [2.45, 2.75) is 19.4 Å². The summed E-state index contributed by atoms with van der Waals surface area (Å²) in [7, 11) is 0. The number of morpholine rings is 1. The van der Waals surface area contributed by atoms with E-state index in [0.717, 1.165) is 18.7 Å². The third-order valence-electron chi connectivity index (χ3n) is 2.61. The Labute approximate surface area is 101 Å². The van der Waals surface area contributed by atoms with E-state index < -0.39 is 0 Å². The van der Waals surface area contributed by atoms with Gasteiger partial charge in [-0.25, -0.2) is 4.98 Å². The summed E-state index contributed by atoms with van der Waals surface area (Å²) in [5.74, 6) is 0.557. The second kappa shape index (κ2) is 5.75. The number of ether oxygens (including phenoxy) is 1. The SMILES string of the molecule is Cc1ccc(NC(=O)CC2COCCN2)nc1. The molecule has 0 radical (unpaired) electrons. The van der Waals surface area contributed by atoms with Crippen LogP contribution in [0.1, 0.15) is 12.0 Å². The van der Waals surface area contributed by atoms with E-state index in [2.05, 4.69) is 15.6 Å². The van der Waals surface area contributed by atoms with Crippen molar-refractivity contribution < 1.29 is 9.53 Å². The maximum atomic E-state index is 11.7. The Balaban J connectivity index is 1.82. The van der Waals surface area contributed by atoms with Gasteiger partial charge in [-0.1, -0.05) is 6.07 Å². The number of pyridine rings is 1. The highest BCUT2D eigenvalue weighted by atomic mass is 16.5. The van der Waals surface area contributed by atoms with Crippen LogP contribution in [0.25, 0.3) is 0 Å². The van der Waals surface area contributed by atoms with Gasteiger partial charge in [-0.05, 0) is 18.6 Å². The highest BCUT2D eigenvalue weighted by Gasteiger charge is 2.16. The maximum Gasteiger partial charge on any atom is 0.227 e. The van der Waals surface area contributed by atoms with Crippen LogP contribution in [0.15, 0.2) is 18.3 Å². The number of nitrogens with zero attached hydrogens (tertiary/aromatic N) is 1. The van der Waals surface area contributed by atoms with Crippen molar-refractivity contribution in [3.63, 3.8) is 0 Å². The first-order valence-electron chi connectivity index (χ1n) is 5.77. The Morgan fingerprint density at radius 1 is 1.65 bits per heavy atom. The van der Waals surface area contributed by atoms with E-state index in [4.69, 9.17) is 4.74 Å². The van der Waals surface area contributed by atoms with Crippen molar-refractivity contribution in [3.05, 3.63) is 23.9 Å². The Morgan fingerprint density at radius 3 is 3.18 bits per heavy atom. The summed E-state index contributed by atoms with van der Waals surface area (Å²) in [6.45, 7) is 4.08.